The Bertz CT molecular complexity index is 1310. The molecule has 0 amide bonds. The minimum Gasteiger partial charge on any atom is -0.461 e. The van der Waals surface area contributed by atoms with Crippen LogP contribution in [0.3, 0.4) is 0 Å². The molecule has 0 radical (unpaired) electrons. The van der Waals surface area contributed by atoms with Gasteiger partial charge in [-0.2, -0.15) is 0 Å². The summed E-state index contributed by atoms with van der Waals surface area (Å²) in [6, 6.07) is 10.6. The second-order valence-electron chi connectivity index (χ2n) is 11.6. The topological polar surface area (TPSA) is 26.3 Å². The predicted octanol–water partition coefficient (Wildman–Crippen LogP) is 15.0. The monoisotopic (exact) mass is 784 g/mol. The molecule has 0 bridgehead atoms. The smallest absolute Gasteiger partial charge is 0.348 e. The van der Waals surface area contributed by atoms with Gasteiger partial charge in [-0.3, -0.25) is 0 Å². The summed E-state index contributed by atoms with van der Waals surface area (Å²) in [5, 5.41) is 1.17. The molecule has 2 nitrogen and oxygen atoms in total. The lowest BCUT2D eigenvalue weighted by molar-refractivity contribution is 0.0428. The van der Waals surface area contributed by atoms with E-state index in [2.05, 4.69) is 76.0 Å². The zero-order chi connectivity index (χ0) is 30.4. The first-order valence-electron chi connectivity index (χ1n) is 16.2. The Morgan fingerprint density at radius 3 is 1.70 bits per heavy atom. The van der Waals surface area contributed by atoms with Crippen LogP contribution in [-0.4, -0.2) is 12.6 Å². The van der Waals surface area contributed by atoms with Gasteiger partial charge >= 0.3 is 5.97 Å². The van der Waals surface area contributed by atoms with E-state index in [4.69, 9.17) is 4.74 Å². The highest BCUT2D eigenvalue weighted by Crippen LogP contribution is 2.51. The van der Waals surface area contributed by atoms with E-state index in [9.17, 15) is 4.79 Å². The maximum Gasteiger partial charge on any atom is 0.348 e. The van der Waals surface area contributed by atoms with Crippen LogP contribution >= 0.6 is 77.2 Å². The van der Waals surface area contributed by atoms with Gasteiger partial charge in [-0.1, -0.05) is 104 Å². The number of halogens is 2. The zero-order valence-electron chi connectivity index (χ0n) is 25.7. The van der Waals surface area contributed by atoms with E-state index < -0.39 is 0 Å². The molecule has 1 unspecified atom stereocenters. The first-order chi connectivity index (χ1) is 21.0. The summed E-state index contributed by atoms with van der Waals surface area (Å²) < 4.78 is 9.50. The summed E-state index contributed by atoms with van der Waals surface area (Å²) in [6.45, 7) is 5.10. The van der Waals surface area contributed by atoms with Gasteiger partial charge in [0.2, 0.25) is 0 Å². The molecule has 0 aliphatic carbocycles. The summed E-state index contributed by atoms with van der Waals surface area (Å²) >= 11 is 14.2. The second kappa shape index (κ2) is 19.2. The summed E-state index contributed by atoms with van der Waals surface area (Å²) in [7, 11) is 0. The Kier molecular flexibility index (Phi) is 15.8. The number of rotatable bonds is 21. The summed E-state index contributed by atoms with van der Waals surface area (Å²) in [5.74, 6) is 0.306. The van der Waals surface area contributed by atoms with Crippen molar-refractivity contribution in [1.29, 1.82) is 0 Å². The third kappa shape index (κ3) is 11.1. The second-order valence-corrected chi connectivity index (χ2v) is 18.6. The fourth-order valence-corrected chi connectivity index (χ4v) is 11.2. The lowest BCUT2D eigenvalue weighted by Gasteiger charge is -2.17. The molecule has 4 aromatic rings. The van der Waals surface area contributed by atoms with Crippen LogP contribution in [0.2, 0.25) is 0 Å². The number of fused-ring (bicyclic) bond motifs is 1. The summed E-state index contributed by atoms with van der Waals surface area (Å²) in [5.41, 5.74) is 0. The van der Waals surface area contributed by atoms with Crippen LogP contribution in [0.4, 0.5) is 0 Å². The summed E-state index contributed by atoms with van der Waals surface area (Å²) in [6.07, 6.45) is 20.9. The first kappa shape index (κ1) is 35.3. The van der Waals surface area contributed by atoms with Crippen LogP contribution < -0.4 is 0 Å². The van der Waals surface area contributed by atoms with Gasteiger partial charge in [0.1, 0.15) is 4.88 Å². The van der Waals surface area contributed by atoms with Crippen LogP contribution in [0.5, 0.6) is 0 Å². The molecule has 236 valence electrons. The molecule has 1 atom stereocenters. The fourth-order valence-electron chi connectivity index (χ4n) is 5.61. The number of unbranched alkanes of at least 4 members (excludes halogenated alkanes) is 12. The van der Waals surface area contributed by atoms with Gasteiger partial charge in [-0.15, -0.1) is 45.3 Å². The van der Waals surface area contributed by atoms with Crippen molar-refractivity contribution in [2.75, 3.05) is 6.61 Å². The van der Waals surface area contributed by atoms with Gasteiger partial charge in [0.25, 0.3) is 0 Å². The molecule has 43 heavy (non-hydrogen) atoms. The molecule has 0 aliphatic rings. The molecule has 0 saturated heterocycles. The molecule has 0 aliphatic heterocycles. The van der Waals surface area contributed by atoms with Crippen molar-refractivity contribution in [3.8, 4) is 19.5 Å². The zero-order valence-corrected chi connectivity index (χ0v) is 32.1. The van der Waals surface area contributed by atoms with E-state index in [1.54, 1.807) is 34.0 Å². The largest absolute Gasteiger partial charge is 0.461 e. The van der Waals surface area contributed by atoms with Crippen molar-refractivity contribution < 1.29 is 9.53 Å². The van der Waals surface area contributed by atoms with Crippen LogP contribution in [0, 0.1) is 5.92 Å². The molecule has 0 saturated carbocycles. The minimum atomic E-state index is -0.160. The quantitative estimate of drug-likeness (QED) is 0.0621. The molecule has 0 aromatic carbocycles. The highest BCUT2D eigenvalue weighted by molar-refractivity contribution is 9.11. The number of ether oxygens (including phenoxy) is 1. The van der Waals surface area contributed by atoms with Crippen LogP contribution in [0.25, 0.3) is 29.6 Å². The predicted molar refractivity (Wildman–Crippen MR) is 201 cm³/mol. The Balaban J connectivity index is 1.39. The van der Waals surface area contributed by atoms with Crippen molar-refractivity contribution in [2.24, 2.45) is 5.92 Å². The van der Waals surface area contributed by atoms with E-state index in [0.29, 0.717) is 12.5 Å². The minimum absolute atomic E-state index is 0.160. The molecule has 4 heterocycles. The highest BCUT2D eigenvalue weighted by atomic mass is 79.9. The third-order valence-corrected chi connectivity index (χ3v) is 14.1. The van der Waals surface area contributed by atoms with E-state index in [0.717, 1.165) is 12.4 Å². The van der Waals surface area contributed by atoms with Gasteiger partial charge in [-0.25, -0.2) is 4.79 Å². The number of carbonyl (C=O) groups excluding carboxylic acids is 1. The number of hydrogen-bond donors (Lipinski definition) is 0. The number of esters is 1. The average molecular weight is 787 g/mol. The average Bonchev–Trinajstić information content (AvgIpc) is 3.79. The van der Waals surface area contributed by atoms with E-state index in [1.165, 1.54) is 132 Å². The lowest BCUT2D eigenvalue weighted by atomic mass is 9.94. The number of hydrogen-bond acceptors (Lipinski definition) is 6. The number of thiophene rings is 4. The van der Waals surface area contributed by atoms with Crippen LogP contribution in [0.1, 0.15) is 126 Å². The van der Waals surface area contributed by atoms with Gasteiger partial charge < -0.3 is 4.74 Å². The molecule has 4 rings (SSSR count). The molecule has 0 spiro atoms. The van der Waals surface area contributed by atoms with Crippen molar-refractivity contribution in [3.63, 3.8) is 0 Å². The van der Waals surface area contributed by atoms with Gasteiger partial charge in [0.15, 0.2) is 0 Å². The molecule has 0 fully saturated rings. The van der Waals surface area contributed by atoms with Crippen LogP contribution in [0.15, 0.2) is 37.9 Å². The van der Waals surface area contributed by atoms with Crippen molar-refractivity contribution in [3.05, 3.63) is 42.8 Å². The third-order valence-electron chi connectivity index (χ3n) is 8.06. The Morgan fingerprint density at radius 2 is 1.19 bits per heavy atom. The van der Waals surface area contributed by atoms with Gasteiger partial charge in [0, 0.05) is 15.1 Å². The maximum absolute atomic E-state index is 13.5. The van der Waals surface area contributed by atoms with Crippen molar-refractivity contribution in [1.82, 2.24) is 0 Å². The van der Waals surface area contributed by atoms with Crippen molar-refractivity contribution in [2.45, 2.75) is 117 Å². The molecule has 0 N–H and O–H groups in total. The molecular weight excluding hydrogens is 740 g/mol. The van der Waals surface area contributed by atoms with Crippen molar-refractivity contribution >= 4 is 93.3 Å². The molecule has 8 heteroatoms. The standard InChI is InChI=1S/C35H46Br2O2S4/c1-3-5-7-9-11-12-14-16-18-25(17-15-13-10-8-6-4-2)24-39-35(38)29-23-26-32(27-19-21-30(36)40-27)43-34(33(26)42-29)28-20-22-31(37)41-28/h19-23,25H,3-18,24H2,1-2H3. The first-order valence-corrected chi connectivity index (χ1v) is 21.1. The lowest BCUT2D eigenvalue weighted by Crippen LogP contribution is -2.14. The van der Waals surface area contributed by atoms with Crippen LogP contribution in [-0.2, 0) is 4.74 Å². The summed E-state index contributed by atoms with van der Waals surface area (Å²) in [4.78, 5) is 19.1. The highest BCUT2D eigenvalue weighted by Gasteiger charge is 2.23. The van der Waals surface area contributed by atoms with Gasteiger partial charge in [0.05, 0.1) is 28.6 Å². The van der Waals surface area contributed by atoms with E-state index >= 15 is 0 Å². The maximum atomic E-state index is 13.5. The van der Waals surface area contributed by atoms with Gasteiger partial charge in [-0.05, 0) is 81.0 Å². The SMILES string of the molecule is CCCCCCCCCCC(CCCCCCCC)COC(=O)c1cc2c(-c3ccc(Br)s3)sc(-c3ccc(Br)s3)c2s1. The Hall–Kier alpha value is -0.510. The van der Waals surface area contributed by atoms with E-state index in [-0.39, 0.29) is 5.97 Å². The van der Waals surface area contributed by atoms with E-state index in [1.807, 2.05) is 11.3 Å². The number of carbonyl (C=O) groups is 1. The fraction of sp³-hybridized carbons (Fsp3) is 0.571. The molecular formula is C35H46Br2O2S4. The Morgan fingerprint density at radius 1 is 0.674 bits per heavy atom. The Labute approximate surface area is 291 Å². The normalized spacial score (nSPS) is 12.4. The molecule has 4 aromatic heterocycles.